The molecule has 0 amide bonds. The Kier molecular flexibility index (Phi) is 3.71. The largest absolute Gasteiger partial charge is 0.458 e. The molecule has 0 bridgehead atoms. The summed E-state index contributed by atoms with van der Waals surface area (Å²) in [5.41, 5.74) is -0.521. The van der Waals surface area contributed by atoms with E-state index in [0.717, 1.165) is 0 Å². The van der Waals surface area contributed by atoms with Gasteiger partial charge in [-0.1, -0.05) is 13.8 Å². The molecule has 0 heterocycles. The number of ether oxygens (including phenoxy) is 1. The third-order valence-corrected chi connectivity index (χ3v) is 1.28. The minimum Gasteiger partial charge on any atom is -0.458 e. The van der Waals surface area contributed by atoms with E-state index in [1.807, 2.05) is 0 Å². The molecule has 1 N–H and O–H groups in total. The molecule has 3 heteroatoms. The van der Waals surface area contributed by atoms with E-state index in [2.05, 4.69) is 0 Å². The highest BCUT2D eigenvalue weighted by Gasteiger charge is 2.25. The number of rotatable bonds is 2. The molecule has 0 rings (SSSR count). The standard InChI is InChI=1S/C9H18O3/c1-6(2)7(10)8(11)12-9(3,4)5/h6-7,10H,1-5H3/t7-/m0/s1. The van der Waals surface area contributed by atoms with Crippen LogP contribution >= 0.6 is 0 Å². The van der Waals surface area contributed by atoms with Crippen molar-refractivity contribution in [2.24, 2.45) is 5.92 Å². The Morgan fingerprint density at radius 1 is 1.33 bits per heavy atom. The van der Waals surface area contributed by atoms with Crippen LogP contribution in [0.15, 0.2) is 0 Å². The third kappa shape index (κ3) is 4.34. The van der Waals surface area contributed by atoms with Gasteiger partial charge in [-0.25, -0.2) is 4.79 Å². The fourth-order valence-electron chi connectivity index (χ4n) is 0.634. The van der Waals surface area contributed by atoms with Crippen molar-refractivity contribution >= 4 is 5.97 Å². The molecule has 72 valence electrons. The van der Waals surface area contributed by atoms with Gasteiger partial charge >= 0.3 is 5.97 Å². The monoisotopic (exact) mass is 174 g/mol. The molecule has 1 atom stereocenters. The van der Waals surface area contributed by atoms with Crippen molar-refractivity contribution in [3.8, 4) is 0 Å². The molecule has 0 radical (unpaired) electrons. The van der Waals surface area contributed by atoms with E-state index in [4.69, 9.17) is 4.74 Å². The van der Waals surface area contributed by atoms with E-state index in [1.54, 1.807) is 34.6 Å². The van der Waals surface area contributed by atoms with Gasteiger partial charge in [0, 0.05) is 0 Å². The third-order valence-electron chi connectivity index (χ3n) is 1.28. The number of carbonyl (C=O) groups is 1. The van der Waals surface area contributed by atoms with Gasteiger partial charge in [-0.05, 0) is 26.7 Å². The first-order valence-electron chi connectivity index (χ1n) is 4.15. The molecule has 0 fully saturated rings. The highest BCUT2D eigenvalue weighted by Crippen LogP contribution is 2.11. The van der Waals surface area contributed by atoms with Gasteiger partial charge in [0.1, 0.15) is 5.60 Å². The lowest BCUT2D eigenvalue weighted by atomic mass is 10.1. The molecule has 0 aliphatic rings. The smallest absolute Gasteiger partial charge is 0.335 e. The number of aliphatic hydroxyl groups is 1. The maximum atomic E-state index is 11.1. The number of hydrogen-bond donors (Lipinski definition) is 1. The first kappa shape index (κ1) is 11.4. The van der Waals surface area contributed by atoms with Crippen LogP contribution in [-0.2, 0) is 9.53 Å². The van der Waals surface area contributed by atoms with Crippen LogP contribution in [0.3, 0.4) is 0 Å². The van der Waals surface area contributed by atoms with Crippen molar-refractivity contribution in [3.63, 3.8) is 0 Å². The van der Waals surface area contributed by atoms with Gasteiger partial charge in [0.2, 0.25) is 0 Å². The van der Waals surface area contributed by atoms with Crippen LogP contribution in [-0.4, -0.2) is 22.8 Å². The fourth-order valence-corrected chi connectivity index (χ4v) is 0.634. The van der Waals surface area contributed by atoms with Gasteiger partial charge in [0.05, 0.1) is 0 Å². The second-order valence-electron chi connectivity index (χ2n) is 4.22. The summed E-state index contributed by atoms with van der Waals surface area (Å²) in [4.78, 5) is 11.1. The van der Waals surface area contributed by atoms with Gasteiger partial charge in [-0.3, -0.25) is 0 Å². The Balaban J connectivity index is 4.05. The SMILES string of the molecule is CC(C)[C@H](O)C(=O)OC(C)(C)C. The lowest BCUT2D eigenvalue weighted by Gasteiger charge is -2.22. The molecule has 0 aliphatic heterocycles. The molecule has 0 aromatic carbocycles. The van der Waals surface area contributed by atoms with Gasteiger partial charge < -0.3 is 9.84 Å². The second-order valence-corrected chi connectivity index (χ2v) is 4.22. The molecule has 0 aliphatic carbocycles. The Morgan fingerprint density at radius 3 is 2.00 bits per heavy atom. The van der Waals surface area contributed by atoms with Crippen LogP contribution in [0.4, 0.5) is 0 Å². The van der Waals surface area contributed by atoms with E-state index in [0.29, 0.717) is 0 Å². The van der Waals surface area contributed by atoms with Crippen LogP contribution in [0.5, 0.6) is 0 Å². The highest BCUT2D eigenvalue weighted by molar-refractivity contribution is 5.75. The Bertz CT molecular complexity index is 156. The zero-order chi connectivity index (χ0) is 9.94. The molecule has 12 heavy (non-hydrogen) atoms. The minimum atomic E-state index is -1.01. The summed E-state index contributed by atoms with van der Waals surface area (Å²) in [6.07, 6.45) is -1.01. The van der Waals surface area contributed by atoms with Crippen molar-refractivity contribution < 1.29 is 14.6 Å². The molecule has 0 saturated carbocycles. The average molecular weight is 174 g/mol. The molecule has 0 unspecified atom stereocenters. The van der Waals surface area contributed by atoms with Gasteiger partial charge in [-0.15, -0.1) is 0 Å². The van der Waals surface area contributed by atoms with E-state index < -0.39 is 17.7 Å². The van der Waals surface area contributed by atoms with E-state index in [-0.39, 0.29) is 5.92 Å². The molecule has 0 aromatic heterocycles. The summed E-state index contributed by atoms with van der Waals surface area (Å²) in [5.74, 6) is -0.641. The summed E-state index contributed by atoms with van der Waals surface area (Å²) < 4.78 is 4.97. The molecular weight excluding hydrogens is 156 g/mol. The summed E-state index contributed by atoms with van der Waals surface area (Å²) in [6, 6.07) is 0. The maximum absolute atomic E-state index is 11.1. The minimum absolute atomic E-state index is 0.0974. The zero-order valence-electron chi connectivity index (χ0n) is 8.42. The summed E-state index contributed by atoms with van der Waals surface area (Å²) >= 11 is 0. The number of carbonyl (C=O) groups excluding carboxylic acids is 1. The number of aliphatic hydroxyl groups excluding tert-OH is 1. The average Bonchev–Trinajstić information content (AvgIpc) is 1.82. The van der Waals surface area contributed by atoms with Crippen molar-refractivity contribution in [1.29, 1.82) is 0 Å². The van der Waals surface area contributed by atoms with Crippen LogP contribution in [0.25, 0.3) is 0 Å². The number of esters is 1. The Morgan fingerprint density at radius 2 is 1.75 bits per heavy atom. The van der Waals surface area contributed by atoms with Crippen LogP contribution in [0.2, 0.25) is 0 Å². The lowest BCUT2D eigenvalue weighted by molar-refractivity contribution is -0.167. The number of hydrogen-bond acceptors (Lipinski definition) is 3. The second kappa shape index (κ2) is 3.90. The maximum Gasteiger partial charge on any atom is 0.335 e. The molecule has 0 aromatic rings. The van der Waals surface area contributed by atoms with Gasteiger partial charge in [0.25, 0.3) is 0 Å². The topological polar surface area (TPSA) is 46.5 Å². The zero-order valence-corrected chi connectivity index (χ0v) is 8.42. The van der Waals surface area contributed by atoms with Crippen LogP contribution in [0.1, 0.15) is 34.6 Å². The predicted octanol–water partition coefficient (Wildman–Crippen LogP) is 1.34. The lowest BCUT2D eigenvalue weighted by Crippen LogP contribution is -2.34. The predicted molar refractivity (Wildman–Crippen MR) is 46.7 cm³/mol. The van der Waals surface area contributed by atoms with E-state index in [9.17, 15) is 9.90 Å². The van der Waals surface area contributed by atoms with Crippen molar-refractivity contribution in [3.05, 3.63) is 0 Å². The molecule has 0 saturated heterocycles. The van der Waals surface area contributed by atoms with Crippen molar-refractivity contribution in [2.45, 2.75) is 46.3 Å². The first-order valence-corrected chi connectivity index (χ1v) is 4.15. The quantitative estimate of drug-likeness (QED) is 0.643. The van der Waals surface area contributed by atoms with E-state index >= 15 is 0 Å². The molecule has 3 nitrogen and oxygen atoms in total. The normalized spacial score (nSPS) is 14.6. The Hall–Kier alpha value is -0.570. The highest BCUT2D eigenvalue weighted by atomic mass is 16.6. The first-order chi connectivity index (χ1) is 5.24. The van der Waals surface area contributed by atoms with Crippen LogP contribution in [0, 0.1) is 5.92 Å². The van der Waals surface area contributed by atoms with Crippen molar-refractivity contribution in [2.75, 3.05) is 0 Å². The summed E-state index contributed by atoms with van der Waals surface area (Å²) in [5, 5.41) is 9.28. The van der Waals surface area contributed by atoms with Gasteiger partial charge in [0.15, 0.2) is 6.10 Å². The summed E-state index contributed by atoms with van der Waals surface area (Å²) in [7, 11) is 0. The fraction of sp³-hybridized carbons (Fsp3) is 0.889. The van der Waals surface area contributed by atoms with Crippen LogP contribution < -0.4 is 0 Å². The molecule has 0 spiro atoms. The molecular formula is C9H18O3. The Labute approximate surface area is 73.7 Å². The van der Waals surface area contributed by atoms with E-state index in [1.165, 1.54) is 0 Å². The van der Waals surface area contributed by atoms with Crippen molar-refractivity contribution in [1.82, 2.24) is 0 Å². The summed E-state index contributed by atoms with van der Waals surface area (Å²) in [6.45, 7) is 8.87. The van der Waals surface area contributed by atoms with Gasteiger partial charge in [-0.2, -0.15) is 0 Å².